The van der Waals surface area contributed by atoms with Gasteiger partial charge in [0.15, 0.2) is 5.58 Å². The van der Waals surface area contributed by atoms with Gasteiger partial charge in [-0.3, -0.25) is 0 Å². The Morgan fingerprint density at radius 1 is 1.32 bits per heavy atom. The second-order valence-corrected chi connectivity index (χ2v) is 4.81. The van der Waals surface area contributed by atoms with Crippen LogP contribution in [0.5, 0.6) is 0 Å². The molecule has 5 nitrogen and oxygen atoms in total. The van der Waals surface area contributed by atoms with Crippen molar-refractivity contribution in [2.75, 3.05) is 31.1 Å². The first-order valence-electron chi connectivity index (χ1n) is 6.79. The van der Waals surface area contributed by atoms with E-state index in [1.165, 1.54) is 0 Å². The number of piperidine rings is 1. The second-order valence-electron chi connectivity index (χ2n) is 4.81. The number of aromatic nitrogens is 1. The average molecular weight is 261 g/mol. The summed E-state index contributed by atoms with van der Waals surface area (Å²) in [6.45, 7) is 3.07. The van der Waals surface area contributed by atoms with E-state index in [0.717, 1.165) is 43.0 Å². The lowest BCUT2D eigenvalue weighted by atomic mass is 10.1. The lowest BCUT2D eigenvalue weighted by Gasteiger charge is -2.30. The highest BCUT2D eigenvalue weighted by Gasteiger charge is 2.22. The van der Waals surface area contributed by atoms with Crippen molar-refractivity contribution in [3.8, 4) is 0 Å². The van der Waals surface area contributed by atoms with Gasteiger partial charge in [0.25, 0.3) is 6.01 Å². The summed E-state index contributed by atoms with van der Waals surface area (Å²) < 4.78 is 11.5. The standard InChI is InChI=1S/C14H19N3O2/c15-7-10-18-11-5-8-17(9-6-11)14-16-12-3-1-2-4-13(12)19-14/h1-4,11H,5-10,15H2. The van der Waals surface area contributed by atoms with Gasteiger partial charge in [-0.05, 0) is 25.0 Å². The van der Waals surface area contributed by atoms with Crippen LogP contribution in [0.1, 0.15) is 12.8 Å². The first kappa shape index (κ1) is 12.4. The number of rotatable bonds is 4. The van der Waals surface area contributed by atoms with Crippen LogP contribution in [0.25, 0.3) is 11.1 Å². The highest BCUT2D eigenvalue weighted by atomic mass is 16.5. The molecule has 3 rings (SSSR count). The van der Waals surface area contributed by atoms with Crippen LogP contribution in [0.15, 0.2) is 28.7 Å². The Morgan fingerprint density at radius 3 is 2.84 bits per heavy atom. The summed E-state index contributed by atoms with van der Waals surface area (Å²) in [4.78, 5) is 6.70. The van der Waals surface area contributed by atoms with Crippen LogP contribution in [-0.2, 0) is 4.74 Å². The van der Waals surface area contributed by atoms with Crippen molar-refractivity contribution in [3.63, 3.8) is 0 Å². The molecule has 5 heteroatoms. The minimum Gasteiger partial charge on any atom is -0.423 e. The monoisotopic (exact) mass is 261 g/mol. The van der Waals surface area contributed by atoms with Gasteiger partial charge in [-0.25, -0.2) is 0 Å². The Labute approximate surface area is 112 Å². The van der Waals surface area contributed by atoms with E-state index < -0.39 is 0 Å². The van der Waals surface area contributed by atoms with Crippen molar-refractivity contribution in [3.05, 3.63) is 24.3 Å². The summed E-state index contributed by atoms with van der Waals surface area (Å²) in [6, 6.07) is 8.58. The molecular weight excluding hydrogens is 242 g/mol. The Bertz CT molecular complexity index is 499. The molecule has 19 heavy (non-hydrogen) atoms. The molecule has 1 fully saturated rings. The first-order valence-corrected chi connectivity index (χ1v) is 6.79. The number of hydrogen-bond acceptors (Lipinski definition) is 5. The van der Waals surface area contributed by atoms with E-state index in [1.807, 2.05) is 24.3 Å². The highest BCUT2D eigenvalue weighted by molar-refractivity contribution is 5.74. The number of nitrogens with zero attached hydrogens (tertiary/aromatic N) is 2. The number of para-hydroxylation sites is 2. The zero-order chi connectivity index (χ0) is 13.1. The molecule has 102 valence electrons. The van der Waals surface area contributed by atoms with Crippen LogP contribution in [0, 0.1) is 0 Å². The molecule has 1 aromatic heterocycles. The molecule has 2 heterocycles. The molecule has 1 aliphatic heterocycles. The minimum absolute atomic E-state index is 0.323. The van der Waals surface area contributed by atoms with Gasteiger partial charge in [-0.15, -0.1) is 0 Å². The molecule has 2 N–H and O–H groups in total. The minimum atomic E-state index is 0.323. The number of nitrogens with two attached hydrogens (primary N) is 1. The smallest absolute Gasteiger partial charge is 0.298 e. The first-order chi connectivity index (χ1) is 9.36. The molecule has 1 aromatic carbocycles. The van der Waals surface area contributed by atoms with Crippen LogP contribution in [0.3, 0.4) is 0 Å². The molecule has 1 saturated heterocycles. The molecule has 1 aliphatic rings. The van der Waals surface area contributed by atoms with Crippen LogP contribution in [0.2, 0.25) is 0 Å². The van der Waals surface area contributed by atoms with Crippen LogP contribution >= 0.6 is 0 Å². The number of oxazole rings is 1. The molecule has 0 radical (unpaired) electrons. The predicted octanol–water partition coefficient (Wildman–Crippen LogP) is 1.77. The van der Waals surface area contributed by atoms with E-state index in [-0.39, 0.29) is 0 Å². The maximum absolute atomic E-state index is 5.78. The summed E-state index contributed by atoms with van der Waals surface area (Å²) in [5.74, 6) is 0. The van der Waals surface area contributed by atoms with Crippen molar-refractivity contribution in [1.82, 2.24) is 4.98 Å². The van der Waals surface area contributed by atoms with Crippen molar-refractivity contribution in [2.24, 2.45) is 5.73 Å². The second kappa shape index (κ2) is 5.59. The van der Waals surface area contributed by atoms with Crippen LogP contribution in [-0.4, -0.2) is 37.3 Å². The fourth-order valence-electron chi connectivity index (χ4n) is 2.44. The Morgan fingerprint density at radius 2 is 2.11 bits per heavy atom. The van der Waals surface area contributed by atoms with Gasteiger partial charge in [0.05, 0.1) is 12.7 Å². The van der Waals surface area contributed by atoms with Gasteiger partial charge in [0.1, 0.15) is 5.52 Å². The van der Waals surface area contributed by atoms with E-state index in [2.05, 4.69) is 9.88 Å². The molecule has 0 unspecified atom stereocenters. The van der Waals surface area contributed by atoms with E-state index in [0.29, 0.717) is 19.3 Å². The van der Waals surface area contributed by atoms with Gasteiger partial charge in [-0.2, -0.15) is 4.98 Å². The summed E-state index contributed by atoms with van der Waals surface area (Å²) in [6.07, 6.45) is 2.32. The molecule has 0 saturated carbocycles. The Hall–Kier alpha value is -1.59. The predicted molar refractivity (Wildman–Crippen MR) is 74.3 cm³/mol. The van der Waals surface area contributed by atoms with Crippen LogP contribution < -0.4 is 10.6 Å². The topological polar surface area (TPSA) is 64.5 Å². The normalized spacial score (nSPS) is 17.2. The van der Waals surface area contributed by atoms with Gasteiger partial charge < -0.3 is 19.8 Å². The number of ether oxygens (including phenoxy) is 1. The quantitative estimate of drug-likeness (QED) is 0.908. The van der Waals surface area contributed by atoms with Crippen molar-refractivity contribution >= 4 is 17.1 Å². The molecule has 0 bridgehead atoms. The SMILES string of the molecule is NCCOC1CCN(c2nc3ccccc3o2)CC1. The largest absolute Gasteiger partial charge is 0.423 e. The third kappa shape index (κ3) is 2.72. The molecule has 2 aromatic rings. The number of benzene rings is 1. The third-order valence-electron chi connectivity index (χ3n) is 3.47. The summed E-state index contributed by atoms with van der Waals surface area (Å²) in [5, 5.41) is 0. The molecule has 0 spiro atoms. The summed E-state index contributed by atoms with van der Waals surface area (Å²) >= 11 is 0. The summed E-state index contributed by atoms with van der Waals surface area (Å²) in [5.41, 5.74) is 7.21. The number of fused-ring (bicyclic) bond motifs is 1. The van der Waals surface area contributed by atoms with Crippen molar-refractivity contribution in [1.29, 1.82) is 0 Å². The maximum Gasteiger partial charge on any atom is 0.298 e. The van der Waals surface area contributed by atoms with E-state index in [9.17, 15) is 0 Å². The van der Waals surface area contributed by atoms with Crippen molar-refractivity contribution in [2.45, 2.75) is 18.9 Å². The lowest BCUT2D eigenvalue weighted by molar-refractivity contribution is 0.0416. The van der Waals surface area contributed by atoms with E-state index in [1.54, 1.807) is 0 Å². The van der Waals surface area contributed by atoms with Gasteiger partial charge in [0.2, 0.25) is 0 Å². The zero-order valence-electron chi connectivity index (χ0n) is 10.9. The highest BCUT2D eigenvalue weighted by Crippen LogP contribution is 2.24. The van der Waals surface area contributed by atoms with Crippen LogP contribution in [0.4, 0.5) is 6.01 Å². The van der Waals surface area contributed by atoms with E-state index in [4.69, 9.17) is 14.9 Å². The summed E-state index contributed by atoms with van der Waals surface area (Å²) in [7, 11) is 0. The fourth-order valence-corrected chi connectivity index (χ4v) is 2.44. The zero-order valence-corrected chi connectivity index (χ0v) is 10.9. The van der Waals surface area contributed by atoms with Crippen molar-refractivity contribution < 1.29 is 9.15 Å². The average Bonchev–Trinajstić information content (AvgIpc) is 2.89. The third-order valence-corrected chi connectivity index (χ3v) is 3.47. The molecule has 0 aliphatic carbocycles. The lowest BCUT2D eigenvalue weighted by Crippen LogP contribution is -2.37. The maximum atomic E-state index is 5.78. The molecule has 0 amide bonds. The van der Waals surface area contributed by atoms with E-state index >= 15 is 0 Å². The molecule has 0 atom stereocenters. The van der Waals surface area contributed by atoms with Gasteiger partial charge >= 0.3 is 0 Å². The Kier molecular flexibility index (Phi) is 3.66. The number of hydrogen-bond donors (Lipinski definition) is 1. The Balaban J connectivity index is 1.64. The molecular formula is C14H19N3O2. The fraction of sp³-hybridized carbons (Fsp3) is 0.500. The number of anilines is 1. The van der Waals surface area contributed by atoms with Gasteiger partial charge in [-0.1, -0.05) is 12.1 Å². The van der Waals surface area contributed by atoms with Gasteiger partial charge in [0, 0.05) is 19.6 Å².